The van der Waals surface area contributed by atoms with E-state index in [2.05, 4.69) is 14.9 Å². The van der Waals surface area contributed by atoms with Crippen molar-refractivity contribution in [1.29, 1.82) is 0 Å². The summed E-state index contributed by atoms with van der Waals surface area (Å²) in [5.74, 6) is 0.243. The minimum absolute atomic E-state index is 0.0475. The highest BCUT2D eigenvalue weighted by Crippen LogP contribution is 2.27. The summed E-state index contributed by atoms with van der Waals surface area (Å²) in [6.07, 6.45) is 2.88. The normalized spacial score (nSPS) is 24.6. The Morgan fingerprint density at radius 2 is 2.17 bits per heavy atom. The first-order valence-electron chi connectivity index (χ1n) is 6.19. The molecule has 0 spiro atoms. The standard InChI is InChI=1S/C11H20N4O2S/c1-7-11(8(2)14-13-7)18(16,17)15-10-5-3-4-9(10)6-12/h9-10,15H,3-6,12H2,1-2H3,(H,13,14)/t9-,10+/m1/s1. The molecular formula is C11H20N4O2S. The molecule has 1 aliphatic carbocycles. The Hall–Kier alpha value is -0.920. The third-order valence-corrected chi connectivity index (χ3v) is 5.35. The first-order chi connectivity index (χ1) is 8.45. The van der Waals surface area contributed by atoms with Crippen LogP contribution in [0, 0.1) is 19.8 Å². The van der Waals surface area contributed by atoms with Crippen molar-refractivity contribution in [2.75, 3.05) is 6.54 Å². The van der Waals surface area contributed by atoms with Crippen molar-refractivity contribution in [2.45, 2.75) is 44.0 Å². The lowest BCUT2D eigenvalue weighted by atomic mass is 10.1. The SMILES string of the molecule is Cc1n[nH]c(C)c1S(=O)(=O)N[C@H]1CCC[C@@H]1CN. The predicted molar refractivity (Wildman–Crippen MR) is 68.6 cm³/mol. The van der Waals surface area contributed by atoms with Gasteiger partial charge in [-0.15, -0.1) is 0 Å². The van der Waals surface area contributed by atoms with Gasteiger partial charge in [-0.05, 0) is 39.2 Å². The lowest BCUT2D eigenvalue weighted by Crippen LogP contribution is -2.40. The van der Waals surface area contributed by atoms with Crippen molar-refractivity contribution < 1.29 is 8.42 Å². The van der Waals surface area contributed by atoms with Crippen LogP contribution in [0.3, 0.4) is 0 Å². The second kappa shape index (κ2) is 4.99. The molecule has 1 aromatic rings. The number of nitrogens with one attached hydrogen (secondary N) is 2. The first kappa shape index (κ1) is 13.5. The molecule has 0 radical (unpaired) electrons. The maximum Gasteiger partial charge on any atom is 0.244 e. The summed E-state index contributed by atoms with van der Waals surface area (Å²) in [5.41, 5.74) is 6.74. The van der Waals surface area contributed by atoms with Gasteiger partial charge in [-0.1, -0.05) is 6.42 Å². The van der Waals surface area contributed by atoms with Gasteiger partial charge >= 0.3 is 0 Å². The third-order valence-electron chi connectivity index (χ3n) is 3.60. The fourth-order valence-electron chi connectivity index (χ4n) is 2.67. The molecule has 18 heavy (non-hydrogen) atoms. The Morgan fingerprint density at radius 3 is 2.72 bits per heavy atom. The molecule has 0 aromatic carbocycles. The molecule has 0 unspecified atom stereocenters. The highest BCUT2D eigenvalue weighted by atomic mass is 32.2. The second-order valence-corrected chi connectivity index (χ2v) is 6.57. The molecule has 0 saturated heterocycles. The number of nitrogens with zero attached hydrogens (tertiary/aromatic N) is 1. The molecule has 6 nitrogen and oxygen atoms in total. The summed E-state index contributed by atoms with van der Waals surface area (Å²) in [4.78, 5) is 0.269. The Bertz CT molecular complexity index is 504. The maximum absolute atomic E-state index is 12.3. The van der Waals surface area contributed by atoms with Gasteiger partial charge in [-0.3, -0.25) is 5.10 Å². The molecule has 0 bridgehead atoms. The summed E-state index contributed by atoms with van der Waals surface area (Å²) in [6, 6.07) is -0.0475. The zero-order valence-corrected chi connectivity index (χ0v) is 11.5. The molecular weight excluding hydrogens is 252 g/mol. The largest absolute Gasteiger partial charge is 0.330 e. The van der Waals surface area contributed by atoms with Crippen molar-refractivity contribution in [3.05, 3.63) is 11.4 Å². The number of hydrogen-bond acceptors (Lipinski definition) is 4. The lowest BCUT2D eigenvalue weighted by Gasteiger charge is -2.19. The quantitative estimate of drug-likeness (QED) is 0.740. The molecule has 1 aromatic heterocycles. The summed E-state index contributed by atoms with van der Waals surface area (Å²) >= 11 is 0. The van der Waals surface area contributed by atoms with E-state index in [-0.39, 0.29) is 16.9 Å². The average Bonchev–Trinajstić information content (AvgIpc) is 2.85. The van der Waals surface area contributed by atoms with E-state index >= 15 is 0 Å². The number of aromatic nitrogens is 2. The Kier molecular flexibility index (Phi) is 3.74. The smallest absolute Gasteiger partial charge is 0.244 e. The molecule has 7 heteroatoms. The van der Waals surface area contributed by atoms with E-state index in [0.29, 0.717) is 17.9 Å². The van der Waals surface area contributed by atoms with Gasteiger partial charge in [-0.2, -0.15) is 5.10 Å². The molecule has 4 N–H and O–H groups in total. The molecule has 2 atom stereocenters. The molecule has 102 valence electrons. The summed E-state index contributed by atoms with van der Waals surface area (Å²) in [6.45, 7) is 3.92. The Morgan fingerprint density at radius 1 is 1.44 bits per heavy atom. The topological polar surface area (TPSA) is 101 Å². The van der Waals surface area contributed by atoms with E-state index < -0.39 is 10.0 Å². The monoisotopic (exact) mass is 272 g/mol. The van der Waals surface area contributed by atoms with Gasteiger partial charge in [0.15, 0.2) is 0 Å². The summed E-state index contributed by atoms with van der Waals surface area (Å²) < 4.78 is 27.5. The zero-order valence-electron chi connectivity index (χ0n) is 10.7. The number of H-pyrrole nitrogens is 1. The molecule has 0 amide bonds. The van der Waals surface area contributed by atoms with E-state index in [0.717, 1.165) is 19.3 Å². The van der Waals surface area contributed by atoms with Gasteiger partial charge in [0.25, 0.3) is 0 Å². The van der Waals surface area contributed by atoms with E-state index in [1.807, 2.05) is 0 Å². The fourth-order valence-corrected chi connectivity index (χ4v) is 4.38. The van der Waals surface area contributed by atoms with Crippen LogP contribution in [0.1, 0.15) is 30.7 Å². The van der Waals surface area contributed by atoms with Crippen molar-refractivity contribution in [1.82, 2.24) is 14.9 Å². The molecule has 1 fully saturated rings. The number of hydrogen-bond donors (Lipinski definition) is 3. The highest BCUT2D eigenvalue weighted by molar-refractivity contribution is 7.89. The zero-order chi connectivity index (χ0) is 13.3. The molecule has 0 aliphatic heterocycles. The molecule has 1 heterocycles. The van der Waals surface area contributed by atoms with Crippen LogP contribution in [-0.4, -0.2) is 31.2 Å². The van der Waals surface area contributed by atoms with Crippen molar-refractivity contribution in [3.63, 3.8) is 0 Å². The minimum atomic E-state index is -3.50. The third kappa shape index (κ3) is 2.43. The van der Waals surface area contributed by atoms with Crippen molar-refractivity contribution >= 4 is 10.0 Å². The Balaban J connectivity index is 2.23. The highest BCUT2D eigenvalue weighted by Gasteiger charge is 2.32. The van der Waals surface area contributed by atoms with Crippen LogP contribution in [0.4, 0.5) is 0 Å². The van der Waals surface area contributed by atoms with Crippen LogP contribution in [0.5, 0.6) is 0 Å². The summed E-state index contributed by atoms with van der Waals surface area (Å²) in [7, 11) is -3.50. The fraction of sp³-hybridized carbons (Fsp3) is 0.727. The minimum Gasteiger partial charge on any atom is -0.330 e. The summed E-state index contributed by atoms with van der Waals surface area (Å²) in [5, 5.41) is 6.63. The molecule has 2 rings (SSSR count). The van der Waals surface area contributed by atoms with E-state index in [1.54, 1.807) is 13.8 Å². The lowest BCUT2D eigenvalue weighted by molar-refractivity contribution is 0.452. The average molecular weight is 272 g/mol. The van der Waals surface area contributed by atoms with Crippen LogP contribution in [0.25, 0.3) is 0 Å². The van der Waals surface area contributed by atoms with Gasteiger partial charge < -0.3 is 5.73 Å². The number of nitrogens with two attached hydrogens (primary N) is 1. The van der Waals surface area contributed by atoms with Crippen molar-refractivity contribution in [2.24, 2.45) is 11.7 Å². The van der Waals surface area contributed by atoms with Gasteiger partial charge in [0, 0.05) is 6.04 Å². The van der Waals surface area contributed by atoms with Crippen LogP contribution in [-0.2, 0) is 10.0 Å². The van der Waals surface area contributed by atoms with E-state index in [4.69, 9.17) is 5.73 Å². The van der Waals surface area contributed by atoms with Crippen LogP contribution in [0.2, 0.25) is 0 Å². The molecule has 1 saturated carbocycles. The number of aryl methyl sites for hydroxylation is 2. The maximum atomic E-state index is 12.3. The van der Waals surface area contributed by atoms with Crippen LogP contribution in [0.15, 0.2) is 4.90 Å². The predicted octanol–water partition coefficient (Wildman–Crippen LogP) is 0.432. The Labute approximate surface area is 107 Å². The van der Waals surface area contributed by atoms with Gasteiger partial charge in [-0.25, -0.2) is 13.1 Å². The van der Waals surface area contributed by atoms with Gasteiger partial charge in [0.2, 0.25) is 10.0 Å². The van der Waals surface area contributed by atoms with Crippen LogP contribution < -0.4 is 10.5 Å². The van der Waals surface area contributed by atoms with Gasteiger partial charge in [0.1, 0.15) is 4.90 Å². The van der Waals surface area contributed by atoms with Crippen LogP contribution >= 0.6 is 0 Å². The van der Waals surface area contributed by atoms with Gasteiger partial charge in [0.05, 0.1) is 11.4 Å². The number of rotatable bonds is 4. The second-order valence-electron chi connectivity index (χ2n) is 4.92. The number of aromatic amines is 1. The number of sulfonamides is 1. The van der Waals surface area contributed by atoms with E-state index in [9.17, 15) is 8.42 Å². The van der Waals surface area contributed by atoms with E-state index in [1.165, 1.54) is 0 Å². The van der Waals surface area contributed by atoms with Crippen molar-refractivity contribution in [3.8, 4) is 0 Å². The first-order valence-corrected chi connectivity index (χ1v) is 7.68. The molecule has 1 aliphatic rings.